The molecular formula is C16H14ClFN2O. The number of benzene rings is 1. The van der Waals surface area contributed by atoms with Crippen molar-refractivity contribution in [3.63, 3.8) is 0 Å². The molecule has 4 rings (SSSR count). The van der Waals surface area contributed by atoms with Gasteiger partial charge in [-0.05, 0) is 42.0 Å². The van der Waals surface area contributed by atoms with E-state index in [1.54, 1.807) is 6.07 Å². The minimum atomic E-state index is -0.408. The highest BCUT2D eigenvalue weighted by Crippen LogP contribution is 2.57. The highest BCUT2D eigenvalue weighted by atomic mass is 35.5. The van der Waals surface area contributed by atoms with Crippen molar-refractivity contribution >= 4 is 33.9 Å². The van der Waals surface area contributed by atoms with Gasteiger partial charge in [-0.15, -0.1) is 0 Å². The van der Waals surface area contributed by atoms with Gasteiger partial charge >= 0.3 is 0 Å². The molecule has 0 bridgehead atoms. The van der Waals surface area contributed by atoms with Crippen LogP contribution in [0.2, 0.25) is 0 Å². The van der Waals surface area contributed by atoms with Crippen LogP contribution in [0.3, 0.4) is 0 Å². The Balaban J connectivity index is 2.09. The Morgan fingerprint density at radius 1 is 1.48 bits per heavy atom. The molecule has 1 atom stereocenters. The van der Waals surface area contributed by atoms with Gasteiger partial charge in [-0.2, -0.15) is 9.49 Å². The molecule has 5 heteroatoms. The molecule has 0 saturated carbocycles. The zero-order chi connectivity index (χ0) is 14.8. The number of Topliss-reactive ketones (excluding diaryl/α,β-unsaturated/α-hetero) is 1. The van der Waals surface area contributed by atoms with E-state index >= 15 is 0 Å². The van der Waals surface area contributed by atoms with Gasteiger partial charge in [0.05, 0.1) is 15.9 Å². The summed E-state index contributed by atoms with van der Waals surface area (Å²) < 4.78 is 14.0. The maximum absolute atomic E-state index is 14.0. The lowest BCUT2D eigenvalue weighted by molar-refractivity contribution is -0.115. The number of aromatic amines is 1. The molecule has 0 saturated heterocycles. The van der Waals surface area contributed by atoms with Crippen LogP contribution < -0.4 is 0 Å². The standard InChI is InChI=1S/C16H14ClFN2O/c1-2-16-6-5-11(21)14(17)13(16)8-3-4-10-12(9(8)7-16)15(18)20-19-10/h3-4H,2,5-7H2,1H3,(H,19,20)/t16-/m0/s1. The second kappa shape index (κ2) is 4.17. The smallest absolute Gasteiger partial charge is 0.217 e. The van der Waals surface area contributed by atoms with Crippen LogP contribution in [0.4, 0.5) is 4.39 Å². The minimum Gasteiger partial charge on any atom is -0.293 e. The van der Waals surface area contributed by atoms with Gasteiger partial charge in [0, 0.05) is 11.8 Å². The lowest BCUT2D eigenvalue weighted by atomic mass is 9.71. The summed E-state index contributed by atoms with van der Waals surface area (Å²) in [4.78, 5) is 12.0. The predicted molar refractivity (Wildman–Crippen MR) is 79.5 cm³/mol. The summed E-state index contributed by atoms with van der Waals surface area (Å²) in [7, 11) is 0. The molecule has 21 heavy (non-hydrogen) atoms. The number of halogens is 2. The number of nitrogens with zero attached hydrogens (tertiary/aromatic N) is 1. The lowest BCUT2D eigenvalue weighted by Crippen LogP contribution is -2.26. The molecule has 2 aliphatic carbocycles. The number of rotatable bonds is 1. The minimum absolute atomic E-state index is 0.00338. The third-order valence-corrected chi connectivity index (χ3v) is 5.47. The first-order valence-electron chi connectivity index (χ1n) is 7.16. The fourth-order valence-corrected chi connectivity index (χ4v) is 4.31. The molecule has 1 aromatic carbocycles. The molecular weight excluding hydrogens is 291 g/mol. The predicted octanol–water partition coefficient (Wildman–Crippen LogP) is 3.97. The van der Waals surface area contributed by atoms with Crippen molar-refractivity contribution in [2.75, 3.05) is 0 Å². The SMILES string of the molecule is CC[C@@]12CCC(=O)C(Cl)=C1c1ccc3n[nH]c(F)c3c1C2. The van der Waals surface area contributed by atoms with Crippen LogP contribution >= 0.6 is 11.6 Å². The van der Waals surface area contributed by atoms with Crippen LogP contribution in [0.15, 0.2) is 17.2 Å². The van der Waals surface area contributed by atoms with Gasteiger partial charge in [-0.3, -0.25) is 9.89 Å². The summed E-state index contributed by atoms with van der Waals surface area (Å²) in [5, 5.41) is 7.26. The molecule has 0 aliphatic heterocycles. The number of allylic oxidation sites excluding steroid dienone is 2. The zero-order valence-electron chi connectivity index (χ0n) is 11.6. The first-order valence-corrected chi connectivity index (χ1v) is 7.54. The third kappa shape index (κ3) is 1.54. The molecule has 2 aromatic rings. The Kier molecular flexibility index (Phi) is 2.58. The van der Waals surface area contributed by atoms with E-state index in [9.17, 15) is 9.18 Å². The fraction of sp³-hybridized carbons (Fsp3) is 0.375. The zero-order valence-corrected chi connectivity index (χ0v) is 12.4. The normalized spacial score (nSPS) is 24.6. The highest BCUT2D eigenvalue weighted by molar-refractivity contribution is 6.46. The van der Waals surface area contributed by atoms with Crippen molar-refractivity contribution in [1.29, 1.82) is 0 Å². The van der Waals surface area contributed by atoms with Crippen LogP contribution in [-0.2, 0) is 11.2 Å². The molecule has 0 amide bonds. The Hall–Kier alpha value is -1.68. The first-order chi connectivity index (χ1) is 10.1. The average Bonchev–Trinajstić information content (AvgIpc) is 3.02. The van der Waals surface area contributed by atoms with Crippen molar-refractivity contribution in [3.05, 3.63) is 34.2 Å². The monoisotopic (exact) mass is 304 g/mol. The van der Waals surface area contributed by atoms with Crippen LogP contribution in [0.25, 0.3) is 16.5 Å². The topological polar surface area (TPSA) is 45.8 Å². The number of aromatic nitrogens is 2. The number of H-pyrrole nitrogens is 1. The molecule has 2 aliphatic rings. The van der Waals surface area contributed by atoms with Crippen molar-refractivity contribution < 1.29 is 9.18 Å². The Morgan fingerprint density at radius 3 is 3.05 bits per heavy atom. The fourth-order valence-electron chi connectivity index (χ4n) is 3.91. The molecule has 3 nitrogen and oxygen atoms in total. The van der Waals surface area contributed by atoms with E-state index in [0.717, 1.165) is 36.0 Å². The van der Waals surface area contributed by atoms with Gasteiger partial charge < -0.3 is 0 Å². The highest BCUT2D eigenvalue weighted by Gasteiger charge is 2.46. The summed E-state index contributed by atoms with van der Waals surface area (Å²) >= 11 is 6.34. The van der Waals surface area contributed by atoms with E-state index in [4.69, 9.17) is 11.6 Å². The average molecular weight is 305 g/mol. The van der Waals surface area contributed by atoms with E-state index < -0.39 is 5.95 Å². The molecule has 1 N–H and O–H groups in total. The van der Waals surface area contributed by atoms with Crippen LogP contribution in [0.1, 0.15) is 37.3 Å². The largest absolute Gasteiger partial charge is 0.293 e. The number of ketones is 1. The maximum Gasteiger partial charge on any atom is 0.217 e. The molecule has 0 fully saturated rings. The Labute approximate surface area is 126 Å². The number of nitrogens with one attached hydrogen (secondary N) is 1. The summed E-state index contributed by atoms with van der Waals surface area (Å²) in [6, 6.07) is 3.71. The summed E-state index contributed by atoms with van der Waals surface area (Å²) in [5.41, 5.74) is 3.26. The van der Waals surface area contributed by atoms with Crippen LogP contribution in [0, 0.1) is 11.4 Å². The summed E-state index contributed by atoms with van der Waals surface area (Å²) in [6.45, 7) is 2.11. The van der Waals surface area contributed by atoms with Crippen LogP contribution in [-0.4, -0.2) is 16.0 Å². The van der Waals surface area contributed by atoms with E-state index in [0.29, 0.717) is 22.4 Å². The lowest BCUT2D eigenvalue weighted by Gasteiger charge is -2.33. The molecule has 0 radical (unpaired) electrons. The molecule has 1 aromatic heterocycles. The Bertz CT molecular complexity index is 823. The van der Waals surface area contributed by atoms with E-state index in [1.165, 1.54) is 0 Å². The Morgan fingerprint density at radius 2 is 2.29 bits per heavy atom. The maximum atomic E-state index is 14.0. The van der Waals surface area contributed by atoms with Gasteiger partial charge in [0.15, 0.2) is 5.78 Å². The number of carbonyl (C=O) groups excluding carboxylic acids is 1. The second-order valence-electron chi connectivity index (χ2n) is 5.95. The first kappa shape index (κ1) is 13.0. The van der Waals surface area contributed by atoms with E-state index in [1.807, 2.05) is 6.07 Å². The quantitative estimate of drug-likeness (QED) is 0.866. The second-order valence-corrected chi connectivity index (χ2v) is 6.32. The number of fused-ring (bicyclic) bond motifs is 5. The molecule has 0 unspecified atom stereocenters. The number of hydrogen-bond donors (Lipinski definition) is 1. The van der Waals surface area contributed by atoms with Gasteiger partial charge in [0.25, 0.3) is 0 Å². The van der Waals surface area contributed by atoms with Gasteiger partial charge in [-0.1, -0.05) is 24.6 Å². The van der Waals surface area contributed by atoms with Gasteiger partial charge in [0.2, 0.25) is 5.95 Å². The van der Waals surface area contributed by atoms with Gasteiger partial charge in [-0.25, -0.2) is 0 Å². The number of hydrogen-bond acceptors (Lipinski definition) is 2. The van der Waals surface area contributed by atoms with Crippen molar-refractivity contribution in [1.82, 2.24) is 10.2 Å². The van der Waals surface area contributed by atoms with E-state index in [2.05, 4.69) is 17.1 Å². The van der Waals surface area contributed by atoms with Crippen LogP contribution in [0.5, 0.6) is 0 Å². The van der Waals surface area contributed by atoms with Crippen molar-refractivity contribution in [3.8, 4) is 0 Å². The third-order valence-electron chi connectivity index (χ3n) is 5.07. The van der Waals surface area contributed by atoms with Crippen molar-refractivity contribution in [2.45, 2.75) is 32.6 Å². The van der Waals surface area contributed by atoms with E-state index in [-0.39, 0.29) is 11.2 Å². The summed E-state index contributed by atoms with van der Waals surface area (Å²) in [5.74, 6) is -0.411. The number of carbonyl (C=O) groups is 1. The van der Waals surface area contributed by atoms with Gasteiger partial charge in [0.1, 0.15) is 0 Å². The molecule has 1 heterocycles. The molecule has 108 valence electrons. The van der Waals surface area contributed by atoms with Crippen molar-refractivity contribution in [2.24, 2.45) is 5.41 Å². The summed E-state index contributed by atoms with van der Waals surface area (Å²) in [6.07, 6.45) is 2.87. The molecule has 0 spiro atoms.